The Morgan fingerprint density at radius 1 is 1.20 bits per heavy atom. The van der Waals surface area contributed by atoms with Crippen molar-refractivity contribution >= 4 is 11.8 Å². The lowest BCUT2D eigenvalue weighted by Gasteiger charge is -2.22. The maximum Gasteiger partial charge on any atom is 0.221 e. The van der Waals surface area contributed by atoms with Gasteiger partial charge in [0.25, 0.3) is 0 Å². The van der Waals surface area contributed by atoms with Gasteiger partial charge in [-0.15, -0.1) is 0 Å². The van der Waals surface area contributed by atoms with Crippen molar-refractivity contribution in [3.8, 4) is 0 Å². The van der Waals surface area contributed by atoms with Crippen LogP contribution in [0.4, 0.5) is 0 Å². The number of hydrogen-bond acceptors (Lipinski definition) is 3. The minimum Gasteiger partial charge on any atom is -0.356 e. The normalized spacial score (nSPS) is 14.5. The summed E-state index contributed by atoms with van der Waals surface area (Å²) >= 11 is 0. The Bertz CT molecular complexity index is 311. The van der Waals surface area contributed by atoms with Crippen LogP contribution in [-0.4, -0.2) is 30.4 Å². The molecule has 0 heterocycles. The number of amides is 2. The van der Waals surface area contributed by atoms with Crippen LogP contribution in [-0.2, 0) is 9.59 Å². The minimum atomic E-state index is -0.135. The molecule has 0 aliphatic heterocycles. The minimum absolute atomic E-state index is 0.0290. The summed E-state index contributed by atoms with van der Waals surface area (Å²) in [5.74, 6) is -0.114. The number of carbonyl (C=O) groups is 2. The third kappa shape index (κ3) is 10.8. The third-order valence-corrected chi connectivity index (χ3v) is 3.02. The average molecular weight is 285 g/mol. The van der Waals surface area contributed by atoms with E-state index in [1.807, 2.05) is 13.8 Å². The standard InChI is InChI=1S/C15H31N3O2/c1-6-11(2)18-13(19)7-8-17-14(20)9-12(16)10-15(3,4)5/h11-12H,6-10,16H2,1-5H3,(H,17,20)(H,18,19). The smallest absolute Gasteiger partial charge is 0.221 e. The summed E-state index contributed by atoms with van der Waals surface area (Å²) < 4.78 is 0. The summed E-state index contributed by atoms with van der Waals surface area (Å²) in [6.07, 6.45) is 2.32. The zero-order valence-electron chi connectivity index (χ0n) is 13.6. The maximum atomic E-state index is 11.7. The van der Waals surface area contributed by atoms with Gasteiger partial charge in [0.15, 0.2) is 0 Å². The fourth-order valence-corrected chi connectivity index (χ4v) is 1.93. The lowest BCUT2D eigenvalue weighted by atomic mass is 9.87. The van der Waals surface area contributed by atoms with E-state index < -0.39 is 0 Å². The summed E-state index contributed by atoms with van der Waals surface area (Å²) in [5, 5.41) is 5.60. The second-order valence-corrected chi connectivity index (χ2v) is 6.71. The van der Waals surface area contributed by atoms with E-state index >= 15 is 0 Å². The fraction of sp³-hybridized carbons (Fsp3) is 0.867. The second kappa shape index (κ2) is 8.95. The summed E-state index contributed by atoms with van der Waals surface area (Å²) in [6, 6.07) is 0.0438. The van der Waals surface area contributed by atoms with Crippen LogP contribution >= 0.6 is 0 Å². The highest BCUT2D eigenvalue weighted by Crippen LogP contribution is 2.20. The molecule has 0 spiro atoms. The molecule has 2 unspecified atom stereocenters. The van der Waals surface area contributed by atoms with E-state index in [0.29, 0.717) is 19.4 Å². The van der Waals surface area contributed by atoms with Crippen LogP contribution in [0.5, 0.6) is 0 Å². The molecule has 4 N–H and O–H groups in total. The number of hydrogen-bond donors (Lipinski definition) is 3. The predicted molar refractivity (Wildman–Crippen MR) is 82.2 cm³/mol. The van der Waals surface area contributed by atoms with Gasteiger partial charge in [-0.3, -0.25) is 9.59 Å². The summed E-state index contributed by atoms with van der Waals surface area (Å²) in [7, 11) is 0. The second-order valence-electron chi connectivity index (χ2n) is 6.71. The number of nitrogens with two attached hydrogens (primary N) is 1. The van der Waals surface area contributed by atoms with Gasteiger partial charge in [0.2, 0.25) is 11.8 Å². The van der Waals surface area contributed by atoms with E-state index in [9.17, 15) is 9.59 Å². The summed E-state index contributed by atoms with van der Waals surface area (Å²) in [4.78, 5) is 23.2. The van der Waals surface area contributed by atoms with Gasteiger partial charge < -0.3 is 16.4 Å². The highest BCUT2D eigenvalue weighted by Gasteiger charge is 2.18. The third-order valence-electron chi connectivity index (χ3n) is 3.02. The number of carbonyl (C=O) groups excluding carboxylic acids is 2. The van der Waals surface area contributed by atoms with Gasteiger partial charge in [-0.2, -0.15) is 0 Å². The van der Waals surface area contributed by atoms with Gasteiger partial charge in [-0.05, 0) is 25.2 Å². The molecule has 2 atom stereocenters. The van der Waals surface area contributed by atoms with Crippen LogP contribution < -0.4 is 16.4 Å². The molecule has 0 aliphatic rings. The Morgan fingerprint density at radius 3 is 2.30 bits per heavy atom. The molecule has 0 radical (unpaired) electrons. The van der Waals surface area contributed by atoms with Gasteiger partial charge in [0, 0.05) is 31.5 Å². The zero-order chi connectivity index (χ0) is 15.8. The van der Waals surface area contributed by atoms with Crippen LogP contribution in [0.3, 0.4) is 0 Å². The molecule has 0 aromatic heterocycles. The first-order valence-corrected chi connectivity index (χ1v) is 7.45. The lowest BCUT2D eigenvalue weighted by Crippen LogP contribution is -2.37. The molecule has 0 aromatic carbocycles. The predicted octanol–water partition coefficient (Wildman–Crippen LogP) is 1.56. The van der Waals surface area contributed by atoms with E-state index in [-0.39, 0.29) is 29.3 Å². The molecule has 0 fully saturated rings. The van der Waals surface area contributed by atoms with Gasteiger partial charge in [-0.25, -0.2) is 0 Å². The first-order valence-electron chi connectivity index (χ1n) is 7.45. The van der Waals surface area contributed by atoms with E-state index in [1.165, 1.54) is 0 Å². The van der Waals surface area contributed by atoms with E-state index in [4.69, 9.17) is 5.73 Å². The number of rotatable bonds is 8. The molecule has 0 saturated carbocycles. The van der Waals surface area contributed by atoms with Crippen molar-refractivity contribution in [2.75, 3.05) is 6.54 Å². The van der Waals surface area contributed by atoms with E-state index in [0.717, 1.165) is 12.8 Å². The molecule has 0 saturated heterocycles. The first kappa shape index (κ1) is 18.9. The topological polar surface area (TPSA) is 84.2 Å². The molecule has 0 rings (SSSR count). The zero-order valence-corrected chi connectivity index (χ0v) is 13.6. The molecule has 0 bridgehead atoms. The van der Waals surface area contributed by atoms with Crippen molar-refractivity contribution in [3.63, 3.8) is 0 Å². The molecule has 118 valence electrons. The van der Waals surface area contributed by atoms with Crippen LogP contribution in [0.25, 0.3) is 0 Å². The molecular formula is C15H31N3O2. The van der Waals surface area contributed by atoms with Crippen molar-refractivity contribution in [3.05, 3.63) is 0 Å². The van der Waals surface area contributed by atoms with Gasteiger partial charge in [0.05, 0.1) is 0 Å². The molecule has 5 heteroatoms. The van der Waals surface area contributed by atoms with E-state index in [1.54, 1.807) is 0 Å². The Hall–Kier alpha value is -1.10. The fourth-order valence-electron chi connectivity index (χ4n) is 1.93. The summed E-state index contributed by atoms with van der Waals surface area (Å²) in [5.41, 5.74) is 6.06. The van der Waals surface area contributed by atoms with Gasteiger partial charge in [-0.1, -0.05) is 27.7 Å². The van der Waals surface area contributed by atoms with Crippen molar-refractivity contribution < 1.29 is 9.59 Å². The van der Waals surface area contributed by atoms with Crippen LogP contribution in [0.15, 0.2) is 0 Å². The molecule has 0 aliphatic carbocycles. The van der Waals surface area contributed by atoms with Crippen molar-refractivity contribution in [1.82, 2.24) is 10.6 Å². The molecule has 5 nitrogen and oxygen atoms in total. The highest BCUT2D eigenvalue weighted by atomic mass is 16.2. The monoisotopic (exact) mass is 285 g/mol. The van der Waals surface area contributed by atoms with Crippen molar-refractivity contribution in [2.45, 2.75) is 72.4 Å². The Balaban J connectivity index is 3.81. The SMILES string of the molecule is CCC(C)NC(=O)CCNC(=O)CC(N)CC(C)(C)C. The molecule has 20 heavy (non-hydrogen) atoms. The Kier molecular flexibility index (Phi) is 8.46. The Labute approximate surface area is 123 Å². The van der Waals surface area contributed by atoms with Gasteiger partial charge in [0.1, 0.15) is 0 Å². The largest absolute Gasteiger partial charge is 0.356 e. The lowest BCUT2D eigenvalue weighted by molar-refractivity contribution is -0.122. The van der Waals surface area contributed by atoms with Crippen LogP contribution in [0.2, 0.25) is 0 Å². The average Bonchev–Trinajstić information content (AvgIpc) is 2.25. The van der Waals surface area contributed by atoms with E-state index in [2.05, 4.69) is 31.4 Å². The van der Waals surface area contributed by atoms with Crippen molar-refractivity contribution in [1.29, 1.82) is 0 Å². The van der Waals surface area contributed by atoms with Crippen molar-refractivity contribution in [2.24, 2.45) is 11.1 Å². The van der Waals surface area contributed by atoms with Crippen LogP contribution in [0, 0.1) is 5.41 Å². The van der Waals surface area contributed by atoms with Gasteiger partial charge >= 0.3 is 0 Å². The Morgan fingerprint density at radius 2 is 1.80 bits per heavy atom. The highest BCUT2D eigenvalue weighted by molar-refractivity contribution is 5.79. The first-order chi connectivity index (χ1) is 9.14. The molecule has 2 amide bonds. The maximum absolute atomic E-state index is 11.7. The number of nitrogens with one attached hydrogen (secondary N) is 2. The quantitative estimate of drug-likeness (QED) is 0.633. The molecular weight excluding hydrogens is 254 g/mol. The molecule has 0 aromatic rings. The van der Waals surface area contributed by atoms with Crippen LogP contribution in [0.1, 0.15) is 60.3 Å². The summed E-state index contributed by atoms with van der Waals surface area (Å²) in [6.45, 7) is 10.6.